The molecule has 0 aromatic heterocycles. The Labute approximate surface area is 128 Å². The highest BCUT2D eigenvalue weighted by molar-refractivity contribution is 5.92. The van der Waals surface area contributed by atoms with E-state index in [2.05, 4.69) is 25.7 Å². The number of unbranched alkanes of at least 4 members (excludes halogenated alkanes) is 2. The number of nitrogens with zero attached hydrogens (tertiary/aromatic N) is 1. The Kier molecular flexibility index (Phi) is 7.06. The number of rotatable bonds is 8. The van der Waals surface area contributed by atoms with E-state index in [9.17, 15) is 4.79 Å². The van der Waals surface area contributed by atoms with Gasteiger partial charge in [0.15, 0.2) is 0 Å². The minimum Gasteiger partial charge on any atom is -0.462 e. The summed E-state index contributed by atoms with van der Waals surface area (Å²) in [6.45, 7) is 9.66. The molecule has 0 aliphatic carbocycles. The van der Waals surface area contributed by atoms with Crippen molar-refractivity contribution >= 4 is 17.3 Å². The first-order valence-electron chi connectivity index (χ1n) is 7.84. The van der Waals surface area contributed by atoms with Gasteiger partial charge in [0.2, 0.25) is 0 Å². The summed E-state index contributed by atoms with van der Waals surface area (Å²) in [4.78, 5) is 14.0. The van der Waals surface area contributed by atoms with Crippen LogP contribution < -0.4 is 10.6 Å². The molecule has 0 spiro atoms. The predicted molar refractivity (Wildman–Crippen MR) is 88.8 cm³/mol. The fourth-order valence-corrected chi connectivity index (χ4v) is 2.35. The van der Waals surface area contributed by atoms with Crippen molar-refractivity contribution in [2.75, 3.05) is 23.8 Å². The maximum absolute atomic E-state index is 11.7. The topological polar surface area (TPSA) is 55.6 Å². The zero-order valence-corrected chi connectivity index (χ0v) is 13.7. The lowest BCUT2D eigenvalue weighted by molar-refractivity contribution is 0.0526. The van der Waals surface area contributed by atoms with Crippen LogP contribution in [-0.2, 0) is 4.74 Å². The lowest BCUT2D eigenvalue weighted by Gasteiger charge is -2.30. The monoisotopic (exact) mass is 292 g/mol. The van der Waals surface area contributed by atoms with Crippen LogP contribution in [0.3, 0.4) is 0 Å². The summed E-state index contributed by atoms with van der Waals surface area (Å²) in [5.74, 6) is -0.321. The van der Waals surface area contributed by atoms with E-state index in [4.69, 9.17) is 10.5 Å². The second kappa shape index (κ2) is 8.55. The average Bonchev–Trinajstić information content (AvgIpc) is 2.44. The van der Waals surface area contributed by atoms with E-state index in [1.807, 2.05) is 6.07 Å². The molecular formula is C17H28N2O2. The Morgan fingerprint density at radius 1 is 1.29 bits per heavy atom. The zero-order valence-electron chi connectivity index (χ0n) is 13.7. The Morgan fingerprint density at radius 3 is 2.52 bits per heavy atom. The van der Waals surface area contributed by atoms with E-state index < -0.39 is 0 Å². The van der Waals surface area contributed by atoms with Gasteiger partial charge in [0.05, 0.1) is 23.5 Å². The average molecular weight is 292 g/mol. The number of carbonyl (C=O) groups excluding carboxylic acids is 1. The van der Waals surface area contributed by atoms with Crippen molar-refractivity contribution in [1.82, 2.24) is 0 Å². The van der Waals surface area contributed by atoms with Gasteiger partial charge in [-0.3, -0.25) is 0 Å². The van der Waals surface area contributed by atoms with Gasteiger partial charge < -0.3 is 15.4 Å². The number of benzene rings is 1. The molecule has 118 valence electrons. The van der Waals surface area contributed by atoms with Crippen LogP contribution in [0.1, 0.15) is 57.3 Å². The smallest absolute Gasteiger partial charge is 0.338 e. The molecule has 0 unspecified atom stereocenters. The second-order valence-corrected chi connectivity index (χ2v) is 5.49. The van der Waals surface area contributed by atoms with Gasteiger partial charge in [-0.1, -0.05) is 19.8 Å². The summed E-state index contributed by atoms with van der Waals surface area (Å²) < 4.78 is 5.00. The quantitative estimate of drug-likeness (QED) is 0.449. The van der Waals surface area contributed by atoms with Crippen molar-refractivity contribution in [1.29, 1.82) is 0 Å². The largest absolute Gasteiger partial charge is 0.462 e. The molecule has 0 saturated carbocycles. The molecular weight excluding hydrogens is 264 g/mol. The van der Waals surface area contributed by atoms with Crippen molar-refractivity contribution in [3.63, 3.8) is 0 Å². The molecule has 1 aromatic rings. The number of esters is 1. The molecule has 0 amide bonds. The lowest BCUT2D eigenvalue weighted by atomic mass is 10.1. The third-order valence-corrected chi connectivity index (χ3v) is 3.47. The van der Waals surface area contributed by atoms with Crippen LogP contribution in [0.15, 0.2) is 18.2 Å². The second-order valence-electron chi connectivity index (χ2n) is 5.49. The third-order valence-electron chi connectivity index (χ3n) is 3.47. The van der Waals surface area contributed by atoms with Crippen molar-refractivity contribution in [3.05, 3.63) is 23.8 Å². The van der Waals surface area contributed by atoms with Gasteiger partial charge >= 0.3 is 5.97 Å². The first kappa shape index (κ1) is 17.3. The molecule has 2 N–H and O–H groups in total. The number of hydrogen-bond acceptors (Lipinski definition) is 4. The minimum atomic E-state index is -0.321. The summed E-state index contributed by atoms with van der Waals surface area (Å²) in [5.41, 5.74) is 8.28. The fourth-order valence-electron chi connectivity index (χ4n) is 2.35. The molecule has 0 bridgehead atoms. The van der Waals surface area contributed by atoms with Gasteiger partial charge in [-0.15, -0.1) is 0 Å². The number of hydrogen-bond donors (Lipinski definition) is 1. The van der Waals surface area contributed by atoms with Gasteiger partial charge in [-0.2, -0.15) is 0 Å². The summed E-state index contributed by atoms with van der Waals surface area (Å²) in [7, 11) is 0. The van der Waals surface area contributed by atoms with Crippen LogP contribution in [0.5, 0.6) is 0 Å². The normalized spacial score (nSPS) is 10.7. The van der Waals surface area contributed by atoms with Crippen LogP contribution in [0.4, 0.5) is 11.4 Å². The van der Waals surface area contributed by atoms with E-state index in [1.54, 1.807) is 19.1 Å². The zero-order chi connectivity index (χ0) is 15.8. The molecule has 0 atom stereocenters. The molecule has 0 saturated heterocycles. The maximum Gasteiger partial charge on any atom is 0.338 e. The molecule has 0 aliphatic heterocycles. The number of nitrogens with two attached hydrogens (primary N) is 1. The standard InChI is InChI=1S/C17H28N2O2/c1-5-7-8-11-19(13(3)4)16-10-9-14(12-15(16)18)17(20)21-6-2/h9-10,12-13H,5-8,11,18H2,1-4H3. The third kappa shape index (κ3) is 4.96. The summed E-state index contributed by atoms with van der Waals surface area (Å²) in [5, 5.41) is 0. The van der Waals surface area contributed by atoms with Crippen molar-refractivity contribution in [2.24, 2.45) is 0 Å². The molecule has 4 heteroatoms. The van der Waals surface area contributed by atoms with Crippen molar-refractivity contribution in [3.8, 4) is 0 Å². The van der Waals surface area contributed by atoms with Crippen LogP contribution in [0.25, 0.3) is 0 Å². The van der Waals surface area contributed by atoms with Crippen molar-refractivity contribution < 1.29 is 9.53 Å². The molecule has 1 aromatic carbocycles. The highest BCUT2D eigenvalue weighted by Gasteiger charge is 2.15. The minimum absolute atomic E-state index is 0.321. The first-order valence-corrected chi connectivity index (χ1v) is 7.84. The first-order chi connectivity index (χ1) is 10.0. The van der Waals surface area contributed by atoms with E-state index in [0.29, 0.717) is 23.9 Å². The van der Waals surface area contributed by atoms with E-state index >= 15 is 0 Å². The Bertz CT molecular complexity index is 458. The SMILES string of the molecule is CCCCCN(c1ccc(C(=O)OCC)cc1N)C(C)C. The van der Waals surface area contributed by atoms with Gasteiger partial charge in [0, 0.05) is 12.6 Å². The number of ether oxygens (including phenoxy) is 1. The molecule has 0 aliphatic rings. The van der Waals surface area contributed by atoms with E-state index in [0.717, 1.165) is 18.7 Å². The van der Waals surface area contributed by atoms with Crippen molar-refractivity contribution in [2.45, 2.75) is 53.0 Å². The molecule has 0 radical (unpaired) electrons. The highest BCUT2D eigenvalue weighted by atomic mass is 16.5. The van der Waals surface area contributed by atoms with Crippen LogP contribution in [-0.4, -0.2) is 25.2 Å². The maximum atomic E-state index is 11.7. The summed E-state index contributed by atoms with van der Waals surface area (Å²) >= 11 is 0. The number of anilines is 2. The Balaban J connectivity index is 2.91. The predicted octanol–water partition coefficient (Wildman–Crippen LogP) is 3.85. The van der Waals surface area contributed by atoms with Gasteiger partial charge in [0.1, 0.15) is 0 Å². The van der Waals surface area contributed by atoms with Gasteiger partial charge in [0.25, 0.3) is 0 Å². The van der Waals surface area contributed by atoms with Crippen LogP contribution in [0, 0.1) is 0 Å². The molecule has 4 nitrogen and oxygen atoms in total. The molecule has 0 heterocycles. The Morgan fingerprint density at radius 2 is 2.00 bits per heavy atom. The fraction of sp³-hybridized carbons (Fsp3) is 0.588. The molecule has 1 rings (SSSR count). The number of nitrogen functional groups attached to an aromatic ring is 1. The summed E-state index contributed by atoms with van der Waals surface area (Å²) in [6, 6.07) is 5.80. The lowest BCUT2D eigenvalue weighted by Crippen LogP contribution is -2.32. The van der Waals surface area contributed by atoms with Gasteiger partial charge in [-0.05, 0) is 45.4 Å². The molecule has 0 fully saturated rings. The Hall–Kier alpha value is -1.71. The van der Waals surface area contributed by atoms with E-state index in [1.165, 1.54) is 12.8 Å². The summed E-state index contributed by atoms with van der Waals surface area (Å²) in [6.07, 6.45) is 3.56. The van der Waals surface area contributed by atoms with Gasteiger partial charge in [-0.25, -0.2) is 4.79 Å². The number of carbonyl (C=O) groups is 1. The molecule has 21 heavy (non-hydrogen) atoms. The van der Waals surface area contributed by atoms with E-state index in [-0.39, 0.29) is 5.97 Å². The van der Waals surface area contributed by atoms with Crippen LogP contribution >= 0.6 is 0 Å². The highest BCUT2D eigenvalue weighted by Crippen LogP contribution is 2.27. The van der Waals surface area contributed by atoms with Crippen LogP contribution in [0.2, 0.25) is 0 Å².